The van der Waals surface area contributed by atoms with E-state index in [2.05, 4.69) is 0 Å². The lowest BCUT2D eigenvalue weighted by atomic mass is 9.95. The number of alkyl halides is 3. The minimum absolute atomic E-state index is 0.0927. The van der Waals surface area contributed by atoms with Crippen LogP contribution in [0.4, 0.5) is 13.2 Å². The normalized spacial score (nSPS) is 21.9. The minimum atomic E-state index is -4.38. The van der Waals surface area contributed by atoms with Gasteiger partial charge >= 0.3 is 6.18 Å². The molecule has 1 atom stereocenters. The molecule has 22 heavy (non-hydrogen) atoms. The molecule has 0 saturated heterocycles. The number of nitrogens with zero attached hydrogens (tertiary/aromatic N) is 1. The van der Waals surface area contributed by atoms with Crippen LogP contribution >= 0.6 is 0 Å². The minimum Gasteiger partial charge on any atom is -0.338 e. The maximum absolute atomic E-state index is 12.8. The van der Waals surface area contributed by atoms with Gasteiger partial charge in [0.05, 0.1) is 5.56 Å². The summed E-state index contributed by atoms with van der Waals surface area (Å²) in [7, 11) is 0. The van der Waals surface area contributed by atoms with Crippen molar-refractivity contribution in [3.8, 4) is 0 Å². The molecule has 6 heteroatoms. The lowest BCUT2D eigenvalue weighted by Gasteiger charge is -2.31. The van der Waals surface area contributed by atoms with Gasteiger partial charge in [-0.1, -0.05) is 6.07 Å². The first-order chi connectivity index (χ1) is 10.3. The average molecular weight is 311 g/mol. The fourth-order valence-electron chi connectivity index (χ4n) is 3.20. The zero-order valence-electron chi connectivity index (χ0n) is 11.9. The number of ketones is 1. The average Bonchev–Trinajstić information content (AvgIpc) is 2.91. The fourth-order valence-corrected chi connectivity index (χ4v) is 3.20. The van der Waals surface area contributed by atoms with Crippen molar-refractivity contribution >= 4 is 11.7 Å². The summed E-state index contributed by atoms with van der Waals surface area (Å²) in [5, 5.41) is 0. The zero-order valence-corrected chi connectivity index (χ0v) is 11.9. The Balaban J connectivity index is 1.78. The molecule has 1 amide bonds. The maximum atomic E-state index is 12.8. The van der Waals surface area contributed by atoms with Crippen molar-refractivity contribution in [3.63, 3.8) is 0 Å². The highest BCUT2D eigenvalue weighted by atomic mass is 19.4. The van der Waals surface area contributed by atoms with Gasteiger partial charge in [0.2, 0.25) is 5.91 Å². The number of hydrogen-bond donors (Lipinski definition) is 0. The van der Waals surface area contributed by atoms with Crippen LogP contribution in [0.3, 0.4) is 0 Å². The van der Waals surface area contributed by atoms with Crippen LogP contribution in [0.1, 0.15) is 36.0 Å². The van der Waals surface area contributed by atoms with Gasteiger partial charge in [0.25, 0.3) is 0 Å². The number of fused-ring (bicyclic) bond motifs is 1. The summed E-state index contributed by atoms with van der Waals surface area (Å²) in [6, 6.07) is 3.72. The number of hydrogen-bond acceptors (Lipinski definition) is 2. The fraction of sp³-hybridized carbons (Fsp3) is 0.500. The van der Waals surface area contributed by atoms with Crippen LogP contribution in [0.5, 0.6) is 0 Å². The van der Waals surface area contributed by atoms with Gasteiger partial charge < -0.3 is 4.90 Å². The summed E-state index contributed by atoms with van der Waals surface area (Å²) in [6.45, 7) is 0.699. The summed E-state index contributed by atoms with van der Waals surface area (Å²) in [4.78, 5) is 25.3. The zero-order chi connectivity index (χ0) is 15.9. The molecule has 1 saturated carbocycles. The molecule has 1 heterocycles. The first-order valence-electron chi connectivity index (χ1n) is 7.34. The Morgan fingerprint density at radius 2 is 1.95 bits per heavy atom. The molecular weight excluding hydrogens is 295 g/mol. The van der Waals surface area contributed by atoms with E-state index in [1.807, 2.05) is 0 Å². The molecule has 0 bridgehead atoms. The second kappa shape index (κ2) is 5.41. The molecule has 1 aromatic rings. The Morgan fingerprint density at radius 3 is 2.59 bits per heavy atom. The van der Waals surface area contributed by atoms with Gasteiger partial charge in [-0.3, -0.25) is 9.59 Å². The van der Waals surface area contributed by atoms with Crippen LogP contribution in [0, 0.1) is 5.92 Å². The second-order valence-electron chi connectivity index (χ2n) is 5.97. The standard InChI is InChI=1S/C16H16F3NO2/c17-16(18,19)13-3-1-10-5-6-20(9-12(10)7-13)15(22)11-2-4-14(21)8-11/h1,3,7,11H,2,4-6,8-9H2. The van der Waals surface area contributed by atoms with Gasteiger partial charge in [-0.15, -0.1) is 0 Å². The van der Waals surface area contributed by atoms with Crippen LogP contribution in [0.2, 0.25) is 0 Å². The lowest BCUT2D eigenvalue weighted by Crippen LogP contribution is -2.39. The summed E-state index contributed by atoms with van der Waals surface area (Å²) >= 11 is 0. The van der Waals surface area contributed by atoms with Crippen LogP contribution in [-0.4, -0.2) is 23.1 Å². The van der Waals surface area contributed by atoms with Gasteiger partial charge in [0, 0.05) is 31.8 Å². The number of Topliss-reactive ketones (excluding diaryl/α,β-unsaturated/α-hetero) is 1. The smallest absolute Gasteiger partial charge is 0.338 e. The monoisotopic (exact) mass is 311 g/mol. The molecule has 1 unspecified atom stereocenters. The number of carbonyl (C=O) groups is 2. The van der Waals surface area contributed by atoms with E-state index >= 15 is 0 Å². The van der Waals surface area contributed by atoms with Gasteiger partial charge in [0.1, 0.15) is 5.78 Å². The van der Waals surface area contributed by atoms with Gasteiger partial charge in [-0.2, -0.15) is 13.2 Å². The third kappa shape index (κ3) is 2.87. The molecule has 3 rings (SSSR count). The van der Waals surface area contributed by atoms with E-state index in [-0.39, 0.29) is 30.6 Å². The van der Waals surface area contributed by atoms with E-state index < -0.39 is 11.7 Å². The Bertz CT molecular complexity index is 624. The number of benzene rings is 1. The number of rotatable bonds is 1. The number of halogens is 3. The Kier molecular flexibility index (Phi) is 3.70. The van der Waals surface area contributed by atoms with Crippen molar-refractivity contribution < 1.29 is 22.8 Å². The van der Waals surface area contributed by atoms with Crippen LogP contribution in [0.15, 0.2) is 18.2 Å². The largest absolute Gasteiger partial charge is 0.416 e. The lowest BCUT2D eigenvalue weighted by molar-refractivity contribution is -0.137. The van der Waals surface area contributed by atoms with Crippen molar-refractivity contribution in [2.75, 3.05) is 6.54 Å². The third-order valence-electron chi connectivity index (χ3n) is 4.45. The molecule has 0 radical (unpaired) electrons. The predicted molar refractivity (Wildman–Crippen MR) is 72.9 cm³/mol. The van der Waals surface area contributed by atoms with Crippen molar-refractivity contribution in [2.24, 2.45) is 5.92 Å². The first-order valence-corrected chi connectivity index (χ1v) is 7.34. The maximum Gasteiger partial charge on any atom is 0.416 e. The SMILES string of the molecule is O=C1CCC(C(=O)N2CCc3ccc(C(F)(F)F)cc3C2)C1. The van der Waals surface area contributed by atoms with Crippen molar-refractivity contribution in [2.45, 2.75) is 38.4 Å². The molecule has 0 spiro atoms. The van der Waals surface area contributed by atoms with Crippen LogP contribution in [0.25, 0.3) is 0 Å². The van der Waals surface area contributed by atoms with E-state index in [1.54, 1.807) is 4.90 Å². The summed E-state index contributed by atoms with van der Waals surface area (Å²) < 4.78 is 38.4. The summed E-state index contributed by atoms with van der Waals surface area (Å²) in [5.74, 6) is -0.302. The Labute approximate surface area is 126 Å². The highest BCUT2D eigenvalue weighted by Gasteiger charge is 2.34. The van der Waals surface area contributed by atoms with E-state index in [0.29, 0.717) is 31.4 Å². The molecular formula is C16H16F3NO2. The molecule has 1 aliphatic heterocycles. The Hall–Kier alpha value is -1.85. The Morgan fingerprint density at radius 1 is 1.18 bits per heavy atom. The van der Waals surface area contributed by atoms with E-state index in [4.69, 9.17) is 0 Å². The molecule has 118 valence electrons. The first kappa shape index (κ1) is 15.1. The third-order valence-corrected chi connectivity index (χ3v) is 4.45. The van der Waals surface area contributed by atoms with Crippen molar-refractivity contribution in [3.05, 3.63) is 34.9 Å². The quantitative estimate of drug-likeness (QED) is 0.799. The molecule has 0 N–H and O–H groups in total. The molecule has 2 aliphatic rings. The van der Waals surface area contributed by atoms with Crippen LogP contribution in [-0.2, 0) is 28.7 Å². The summed E-state index contributed by atoms with van der Waals surface area (Å²) in [5.41, 5.74) is 0.731. The highest BCUT2D eigenvalue weighted by Crippen LogP contribution is 2.33. The number of amides is 1. The molecule has 1 aliphatic carbocycles. The second-order valence-corrected chi connectivity index (χ2v) is 5.97. The van der Waals surface area contributed by atoms with Crippen LogP contribution < -0.4 is 0 Å². The van der Waals surface area contributed by atoms with Crippen molar-refractivity contribution in [1.29, 1.82) is 0 Å². The molecule has 1 fully saturated rings. The molecule has 1 aromatic carbocycles. The predicted octanol–water partition coefficient (Wildman–Crippen LogP) is 2.96. The number of carbonyl (C=O) groups excluding carboxylic acids is 2. The van der Waals surface area contributed by atoms with E-state index in [0.717, 1.165) is 17.7 Å². The molecule has 3 nitrogen and oxygen atoms in total. The topological polar surface area (TPSA) is 37.4 Å². The summed E-state index contributed by atoms with van der Waals surface area (Å²) in [6.07, 6.45) is -2.56. The molecule has 0 aromatic heterocycles. The highest BCUT2D eigenvalue weighted by molar-refractivity contribution is 5.90. The van der Waals surface area contributed by atoms with Crippen molar-refractivity contribution in [1.82, 2.24) is 4.90 Å². The van der Waals surface area contributed by atoms with Gasteiger partial charge in [-0.05, 0) is 36.1 Å². The van der Waals surface area contributed by atoms with Gasteiger partial charge in [0.15, 0.2) is 0 Å². The van der Waals surface area contributed by atoms with E-state index in [1.165, 1.54) is 6.07 Å². The van der Waals surface area contributed by atoms with Gasteiger partial charge in [-0.25, -0.2) is 0 Å². The van der Waals surface area contributed by atoms with E-state index in [9.17, 15) is 22.8 Å².